The molecule has 1 unspecified atom stereocenters. The number of likely N-dealkylation sites (N-methyl/N-ethyl adjacent to an activating group) is 1. The molecule has 1 aromatic carbocycles. The minimum atomic E-state index is -0.375. The number of nitro groups is 1. The second kappa shape index (κ2) is 6.96. The van der Waals surface area contributed by atoms with Crippen molar-refractivity contribution in [2.24, 2.45) is 0 Å². The number of rotatable bonds is 7. The zero-order valence-electron chi connectivity index (χ0n) is 11.2. The van der Waals surface area contributed by atoms with Crippen molar-refractivity contribution in [2.45, 2.75) is 26.8 Å². The molecule has 1 rings (SSSR count). The van der Waals surface area contributed by atoms with Gasteiger partial charge < -0.3 is 10.2 Å². The first-order valence-corrected chi connectivity index (χ1v) is 6.30. The van der Waals surface area contributed by atoms with Crippen LogP contribution in [0.2, 0.25) is 0 Å². The van der Waals surface area contributed by atoms with Crippen LogP contribution in [0.5, 0.6) is 0 Å². The van der Waals surface area contributed by atoms with Crippen molar-refractivity contribution in [3.63, 3.8) is 0 Å². The molecular weight excluding hydrogens is 230 g/mol. The number of benzene rings is 1. The van der Waals surface area contributed by atoms with Gasteiger partial charge in [0.1, 0.15) is 0 Å². The summed E-state index contributed by atoms with van der Waals surface area (Å²) in [6, 6.07) is 6.88. The lowest BCUT2D eigenvalue weighted by atomic mass is 10.2. The summed E-state index contributed by atoms with van der Waals surface area (Å²) in [6.07, 6.45) is 0. The maximum absolute atomic E-state index is 10.7. The van der Waals surface area contributed by atoms with Gasteiger partial charge in [-0.05, 0) is 26.1 Å². The number of hydrogen-bond acceptors (Lipinski definition) is 4. The SMILES string of the molecule is CCN(CC)CC(C)Nc1cccc([N+](=O)[O-])c1. The average molecular weight is 251 g/mol. The maximum atomic E-state index is 10.7. The lowest BCUT2D eigenvalue weighted by Gasteiger charge is -2.24. The standard InChI is InChI=1S/C13H21N3O2/c1-4-15(5-2)10-11(3)14-12-7-6-8-13(9-12)16(17)18/h6-9,11,14H,4-5,10H2,1-3H3. The molecule has 0 aliphatic heterocycles. The highest BCUT2D eigenvalue weighted by atomic mass is 16.6. The van der Waals surface area contributed by atoms with E-state index in [9.17, 15) is 10.1 Å². The van der Waals surface area contributed by atoms with E-state index in [1.807, 2.05) is 6.07 Å². The van der Waals surface area contributed by atoms with E-state index < -0.39 is 0 Å². The molecule has 0 amide bonds. The highest BCUT2D eigenvalue weighted by Crippen LogP contribution is 2.17. The van der Waals surface area contributed by atoms with Gasteiger partial charge in [0.05, 0.1) is 4.92 Å². The Morgan fingerprint density at radius 1 is 1.39 bits per heavy atom. The minimum Gasteiger partial charge on any atom is -0.381 e. The van der Waals surface area contributed by atoms with Gasteiger partial charge in [-0.15, -0.1) is 0 Å². The van der Waals surface area contributed by atoms with Gasteiger partial charge in [-0.1, -0.05) is 19.9 Å². The predicted octanol–water partition coefficient (Wildman–Crippen LogP) is 2.74. The van der Waals surface area contributed by atoms with Crippen LogP contribution in [0.15, 0.2) is 24.3 Å². The summed E-state index contributed by atoms with van der Waals surface area (Å²) >= 11 is 0. The second-order valence-corrected chi connectivity index (χ2v) is 4.34. The molecule has 1 atom stereocenters. The summed E-state index contributed by atoms with van der Waals surface area (Å²) in [5.74, 6) is 0. The Kier molecular flexibility index (Phi) is 5.58. The molecule has 0 heterocycles. The van der Waals surface area contributed by atoms with Crippen LogP contribution < -0.4 is 5.32 Å². The Hall–Kier alpha value is -1.62. The van der Waals surface area contributed by atoms with Crippen LogP contribution in [-0.4, -0.2) is 35.5 Å². The zero-order valence-corrected chi connectivity index (χ0v) is 11.2. The van der Waals surface area contributed by atoms with Crippen molar-refractivity contribution in [2.75, 3.05) is 25.0 Å². The first-order valence-electron chi connectivity index (χ1n) is 6.30. The molecule has 0 saturated heterocycles. The molecule has 0 radical (unpaired) electrons. The van der Waals surface area contributed by atoms with Gasteiger partial charge in [0.25, 0.3) is 5.69 Å². The summed E-state index contributed by atoms with van der Waals surface area (Å²) in [5, 5.41) is 14.0. The Morgan fingerprint density at radius 2 is 2.06 bits per heavy atom. The monoisotopic (exact) mass is 251 g/mol. The fourth-order valence-electron chi connectivity index (χ4n) is 1.91. The van der Waals surface area contributed by atoms with Crippen LogP contribution in [-0.2, 0) is 0 Å². The van der Waals surface area contributed by atoms with Crippen LogP contribution in [0.1, 0.15) is 20.8 Å². The minimum absolute atomic E-state index is 0.120. The molecule has 1 aromatic rings. The summed E-state index contributed by atoms with van der Waals surface area (Å²) in [6.45, 7) is 9.29. The first-order chi connectivity index (χ1) is 8.56. The molecule has 18 heavy (non-hydrogen) atoms. The Morgan fingerprint density at radius 3 is 2.61 bits per heavy atom. The molecule has 0 aliphatic carbocycles. The third-order valence-electron chi connectivity index (χ3n) is 2.90. The molecule has 100 valence electrons. The van der Waals surface area contributed by atoms with Crippen LogP contribution in [0, 0.1) is 10.1 Å². The van der Waals surface area contributed by atoms with Gasteiger partial charge >= 0.3 is 0 Å². The van der Waals surface area contributed by atoms with E-state index in [0.717, 1.165) is 25.3 Å². The van der Waals surface area contributed by atoms with Crippen LogP contribution >= 0.6 is 0 Å². The first kappa shape index (κ1) is 14.4. The van der Waals surface area contributed by atoms with Crippen molar-refractivity contribution >= 4 is 11.4 Å². The maximum Gasteiger partial charge on any atom is 0.271 e. The van der Waals surface area contributed by atoms with Gasteiger partial charge in [-0.3, -0.25) is 10.1 Å². The molecule has 0 fully saturated rings. The molecular formula is C13H21N3O2. The van der Waals surface area contributed by atoms with E-state index in [-0.39, 0.29) is 16.7 Å². The van der Waals surface area contributed by atoms with Crippen LogP contribution in [0.25, 0.3) is 0 Å². The highest BCUT2D eigenvalue weighted by Gasteiger charge is 2.09. The fourth-order valence-corrected chi connectivity index (χ4v) is 1.91. The van der Waals surface area contributed by atoms with E-state index in [4.69, 9.17) is 0 Å². The molecule has 5 heteroatoms. The summed E-state index contributed by atoms with van der Waals surface area (Å²) in [5.41, 5.74) is 0.916. The van der Waals surface area contributed by atoms with Crippen molar-refractivity contribution in [1.29, 1.82) is 0 Å². The van der Waals surface area contributed by atoms with E-state index in [1.165, 1.54) is 6.07 Å². The predicted molar refractivity (Wildman–Crippen MR) is 74.0 cm³/mol. The Balaban J connectivity index is 2.61. The number of nitrogens with one attached hydrogen (secondary N) is 1. The topological polar surface area (TPSA) is 58.4 Å². The average Bonchev–Trinajstić information content (AvgIpc) is 2.36. The van der Waals surface area contributed by atoms with Crippen molar-refractivity contribution in [1.82, 2.24) is 4.90 Å². The van der Waals surface area contributed by atoms with Crippen LogP contribution in [0.3, 0.4) is 0 Å². The Bertz CT molecular complexity index is 392. The second-order valence-electron chi connectivity index (χ2n) is 4.34. The van der Waals surface area contributed by atoms with Gasteiger partial charge in [0.2, 0.25) is 0 Å². The van der Waals surface area contributed by atoms with E-state index in [0.29, 0.717) is 0 Å². The van der Waals surface area contributed by atoms with Crippen LogP contribution in [0.4, 0.5) is 11.4 Å². The quantitative estimate of drug-likeness (QED) is 0.598. The molecule has 0 aromatic heterocycles. The third kappa shape index (κ3) is 4.33. The normalized spacial score (nSPS) is 12.4. The zero-order chi connectivity index (χ0) is 13.5. The van der Waals surface area contributed by atoms with Crippen molar-refractivity contribution in [3.05, 3.63) is 34.4 Å². The molecule has 0 bridgehead atoms. The summed E-state index contributed by atoms with van der Waals surface area (Å²) < 4.78 is 0. The van der Waals surface area contributed by atoms with Gasteiger partial charge in [0, 0.05) is 30.4 Å². The smallest absolute Gasteiger partial charge is 0.271 e. The number of nitrogens with zero attached hydrogens (tertiary/aromatic N) is 2. The van der Waals surface area contributed by atoms with E-state index in [2.05, 4.69) is 31.0 Å². The number of nitro benzene ring substituents is 1. The Labute approximate surface area is 108 Å². The molecule has 0 spiro atoms. The number of hydrogen-bond donors (Lipinski definition) is 1. The van der Waals surface area contributed by atoms with Crippen molar-refractivity contribution < 1.29 is 4.92 Å². The molecule has 1 N–H and O–H groups in total. The van der Waals surface area contributed by atoms with Gasteiger partial charge in [-0.2, -0.15) is 0 Å². The number of anilines is 1. The third-order valence-corrected chi connectivity index (χ3v) is 2.90. The highest BCUT2D eigenvalue weighted by molar-refractivity contribution is 5.51. The van der Waals surface area contributed by atoms with Gasteiger partial charge in [-0.25, -0.2) is 0 Å². The molecule has 0 saturated carbocycles. The fraction of sp³-hybridized carbons (Fsp3) is 0.538. The molecule has 0 aliphatic rings. The van der Waals surface area contributed by atoms with Crippen molar-refractivity contribution in [3.8, 4) is 0 Å². The number of non-ortho nitro benzene ring substituents is 1. The molecule has 5 nitrogen and oxygen atoms in total. The largest absolute Gasteiger partial charge is 0.381 e. The van der Waals surface area contributed by atoms with E-state index >= 15 is 0 Å². The lowest BCUT2D eigenvalue weighted by Crippen LogP contribution is -2.34. The summed E-state index contributed by atoms with van der Waals surface area (Å²) in [4.78, 5) is 12.6. The van der Waals surface area contributed by atoms with Gasteiger partial charge in [0.15, 0.2) is 0 Å². The summed E-state index contributed by atoms with van der Waals surface area (Å²) in [7, 11) is 0. The van der Waals surface area contributed by atoms with E-state index in [1.54, 1.807) is 12.1 Å². The lowest BCUT2D eigenvalue weighted by molar-refractivity contribution is -0.384.